The van der Waals surface area contributed by atoms with E-state index in [9.17, 15) is 4.21 Å². The lowest BCUT2D eigenvalue weighted by molar-refractivity contribution is 0.673. The third-order valence-corrected chi connectivity index (χ3v) is 3.01. The number of rotatable bonds is 7. The Kier molecular flexibility index (Phi) is 8.29. The van der Waals surface area contributed by atoms with Crippen molar-refractivity contribution in [3.8, 4) is 0 Å². The van der Waals surface area contributed by atoms with E-state index in [0.29, 0.717) is 0 Å². The number of nitrogens with one attached hydrogen (secondary N) is 1. The first kappa shape index (κ1) is 11.1. The second-order valence-electron chi connectivity index (χ2n) is 2.66. The van der Waals surface area contributed by atoms with Gasteiger partial charge in [0.15, 0.2) is 0 Å². The Morgan fingerprint density at radius 1 is 1.27 bits per heavy atom. The summed E-state index contributed by atoms with van der Waals surface area (Å²) in [6.45, 7) is 3.11. The normalized spacial score (nSPS) is 13.3. The first-order valence-corrected chi connectivity index (χ1v) is 5.79. The molecule has 0 heterocycles. The van der Waals surface area contributed by atoms with Crippen LogP contribution in [-0.2, 0) is 10.8 Å². The van der Waals surface area contributed by atoms with Gasteiger partial charge in [-0.2, -0.15) is 0 Å². The minimum atomic E-state index is -0.561. The van der Waals surface area contributed by atoms with Crippen molar-refractivity contribution >= 4 is 10.8 Å². The van der Waals surface area contributed by atoms with Crippen molar-refractivity contribution in [2.75, 3.05) is 25.1 Å². The van der Waals surface area contributed by atoms with Crippen molar-refractivity contribution in [3.63, 3.8) is 0 Å². The topological polar surface area (TPSA) is 29.1 Å². The molecule has 2 nitrogen and oxygen atoms in total. The zero-order valence-corrected chi connectivity index (χ0v) is 8.38. The summed E-state index contributed by atoms with van der Waals surface area (Å²) in [6.07, 6.45) is 3.29. The van der Waals surface area contributed by atoms with Gasteiger partial charge in [0, 0.05) is 22.3 Å². The maximum Gasteiger partial charge on any atom is 0.0246 e. The second-order valence-corrected chi connectivity index (χ2v) is 4.35. The predicted molar refractivity (Wildman–Crippen MR) is 51.3 cm³/mol. The molecule has 0 amide bonds. The average molecular weight is 177 g/mol. The Balaban J connectivity index is 3.09. The summed E-state index contributed by atoms with van der Waals surface area (Å²) in [7, 11) is 1.36. The van der Waals surface area contributed by atoms with Crippen LogP contribution in [0.5, 0.6) is 0 Å². The summed E-state index contributed by atoms with van der Waals surface area (Å²) >= 11 is 0. The molecule has 1 unspecified atom stereocenters. The van der Waals surface area contributed by atoms with Gasteiger partial charge in [0.05, 0.1) is 0 Å². The molecule has 0 saturated carbocycles. The predicted octanol–water partition coefficient (Wildman–Crippen LogP) is 1.14. The summed E-state index contributed by atoms with van der Waals surface area (Å²) in [5.41, 5.74) is 0. The highest BCUT2D eigenvalue weighted by Crippen LogP contribution is 1.93. The fourth-order valence-electron chi connectivity index (χ4n) is 0.817. The van der Waals surface area contributed by atoms with Gasteiger partial charge in [0.1, 0.15) is 0 Å². The molecule has 0 aliphatic rings. The van der Waals surface area contributed by atoms with E-state index in [2.05, 4.69) is 12.2 Å². The van der Waals surface area contributed by atoms with Crippen LogP contribution in [0.25, 0.3) is 0 Å². The first-order chi connectivity index (χ1) is 5.31. The zero-order chi connectivity index (χ0) is 8.53. The maximum atomic E-state index is 11.2. The molecular formula is C8H19NOS. The highest BCUT2D eigenvalue weighted by Gasteiger charge is 1.96. The van der Waals surface area contributed by atoms with Gasteiger partial charge >= 0.3 is 0 Å². The van der Waals surface area contributed by atoms with Crippen molar-refractivity contribution in [2.24, 2.45) is 0 Å². The molecule has 0 radical (unpaired) electrons. The molecule has 68 valence electrons. The van der Waals surface area contributed by atoms with Crippen molar-refractivity contribution in [1.29, 1.82) is 0 Å². The third-order valence-electron chi connectivity index (χ3n) is 1.52. The lowest BCUT2D eigenvalue weighted by Crippen LogP contribution is -2.12. The summed E-state index contributed by atoms with van der Waals surface area (Å²) < 4.78 is 11.2. The Morgan fingerprint density at radius 2 is 1.91 bits per heavy atom. The summed E-state index contributed by atoms with van der Waals surface area (Å²) in [5.74, 6) is 1.75. The van der Waals surface area contributed by atoms with Crippen molar-refractivity contribution < 1.29 is 4.21 Å². The summed E-state index contributed by atoms with van der Waals surface area (Å²) in [4.78, 5) is 0. The molecule has 0 aromatic rings. The lowest BCUT2D eigenvalue weighted by Gasteiger charge is -1.99. The molecule has 0 saturated heterocycles. The molecule has 0 aromatic heterocycles. The van der Waals surface area contributed by atoms with E-state index in [1.807, 2.05) is 7.05 Å². The molecule has 1 N–H and O–H groups in total. The molecule has 0 bridgehead atoms. The van der Waals surface area contributed by atoms with Crippen molar-refractivity contribution in [3.05, 3.63) is 0 Å². The minimum Gasteiger partial charge on any atom is -0.320 e. The van der Waals surface area contributed by atoms with E-state index in [1.165, 1.54) is 0 Å². The van der Waals surface area contributed by atoms with E-state index >= 15 is 0 Å². The quantitative estimate of drug-likeness (QED) is 0.591. The monoisotopic (exact) mass is 177 g/mol. The van der Waals surface area contributed by atoms with Gasteiger partial charge in [-0.1, -0.05) is 13.3 Å². The summed E-state index contributed by atoms with van der Waals surface area (Å²) in [5, 5.41) is 3.04. The fourth-order valence-corrected chi connectivity index (χ4v) is 2.10. The molecule has 0 aliphatic carbocycles. The smallest absolute Gasteiger partial charge is 0.0246 e. The van der Waals surface area contributed by atoms with Crippen LogP contribution < -0.4 is 5.32 Å². The first-order valence-electron chi connectivity index (χ1n) is 4.30. The molecule has 0 spiro atoms. The standard InChI is InChI=1S/C8H19NOS/c1-3-4-7-11(10)8-5-6-9-2/h9H,3-8H2,1-2H3. The molecule has 0 fully saturated rings. The number of hydrogen-bond donors (Lipinski definition) is 1. The second kappa shape index (κ2) is 8.21. The van der Waals surface area contributed by atoms with Crippen LogP contribution in [0.4, 0.5) is 0 Å². The van der Waals surface area contributed by atoms with Gasteiger partial charge in [-0.25, -0.2) is 0 Å². The van der Waals surface area contributed by atoms with Crippen LogP contribution in [0.2, 0.25) is 0 Å². The number of unbranched alkanes of at least 4 members (excludes halogenated alkanes) is 1. The van der Waals surface area contributed by atoms with Gasteiger partial charge < -0.3 is 5.32 Å². The summed E-state index contributed by atoms with van der Waals surface area (Å²) in [6, 6.07) is 0. The van der Waals surface area contributed by atoms with Crippen LogP contribution in [0.15, 0.2) is 0 Å². The highest BCUT2D eigenvalue weighted by molar-refractivity contribution is 7.84. The molecule has 1 atom stereocenters. The maximum absolute atomic E-state index is 11.2. The van der Waals surface area contributed by atoms with Gasteiger partial charge in [-0.3, -0.25) is 4.21 Å². The molecule has 3 heteroatoms. The SMILES string of the molecule is CCCCS(=O)CCCNC. The lowest BCUT2D eigenvalue weighted by atomic mass is 10.4. The average Bonchev–Trinajstić information content (AvgIpc) is 2.01. The van der Waals surface area contributed by atoms with Crippen LogP contribution in [0.1, 0.15) is 26.2 Å². The molecule has 0 rings (SSSR count). The molecule has 0 aliphatic heterocycles. The van der Waals surface area contributed by atoms with E-state index in [4.69, 9.17) is 0 Å². The Morgan fingerprint density at radius 3 is 2.45 bits per heavy atom. The van der Waals surface area contributed by atoms with Gasteiger partial charge in [-0.15, -0.1) is 0 Å². The van der Waals surface area contributed by atoms with E-state index < -0.39 is 10.8 Å². The van der Waals surface area contributed by atoms with Crippen LogP contribution in [-0.4, -0.2) is 29.3 Å². The van der Waals surface area contributed by atoms with Crippen LogP contribution in [0, 0.1) is 0 Å². The number of hydrogen-bond acceptors (Lipinski definition) is 2. The van der Waals surface area contributed by atoms with Crippen molar-refractivity contribution in [1.82, 2.24) is 5.32 Å². The van der Waals surface area contributed by atoms with E-state index in [1.54, 1.807) is 0 Å². The fraction of sp³-hybridized carbons (Fsp3) is 1.00. The molecular weight excluding hydrogens is 158 g/mol. The zero-order valence-electron chi connectivity index (χ0n) is 7.56. The van der Waals surface area contributed by atoms with Crippen LogP contribution in [0.3, 0.4) is 0 Å². The minimum absolute atomic E-state index is 0.561. The van der Waals surface area contributed by atoms with Crippen molar-refractivity contribution in [2.45, 2.75) is 26.2 Å². The van der Waals surface area contributed by atoms with Crippen LogP contribution >= 0.6 is 0 Å². The molecule has 0 aromatic carbocycles. The molecule has 11 heavy (non-hydrogen) atoms. The Labute approximate surface area is 72.2 Å². The van der Waals surface area contributed by atoms with Gasteiger partial charge in [-0.05, 0) is 26.4 Å². The van der Waals surface area contributed by atoms with E-state index in [0.717, 1.165) is 37.3 Å². The Hall–Kier alpha value is 0.110. The Bertz CT molecular complexity index is 106. The van der Waals surface area contributed by atoms with Gasteiger partial charge in [0.25, 0.3) is 0 Å². The largest absolute Gasteiger partial charge is 0.320 e. The highest BCUT2D eigenvalue weighted by atomic mass is 32.2. The van der Waals surface area contributed by atoms with E-state index in [-0.39, 0.29) is 0 Å². The third kappa shape index (κ3) is 8.01. The van der Waals surface area contributed by atoms with Gasteiger partial charge in [0.2, 0.25) is 0 Å².